The summed E-state index contributed by atoms with van der Waals surface area (Å²) < 4.78 is 0. The van der Waals surface area contributed by atoms with E-state index in [0.717, 1.165) is 17.5 Å². The maximum Gasteiger partial charge on any atom is 0.315 e. The fraction of sp³-hybridized carbons (Fsp3) is 0.533. The molecule has 2 unspecified atom stereocenters. The molecule has 3 nitrogen and oxygen atoms in total. The molecule has 1 rings (SSSR count). The number of aryl methyl sites for hydroxylation is 1. The fourth-order valence-electron chi connectivity index (χ4n) is 2.23. The van der Waals surface area contributed by atoms with Crippen LogP contribution < -0.4 is 5.73 Å². The summed E-state index contributed by atoms with van der Waals surface area (Å²) in [5.41, 5.74) is 6.78. The van der Waals surface area contributed by atoms with Crippen molar-refractivity contribution in [2.75, 3.05) is 6.54 Å². The molecule has 3 N–H and O–H groups in total. The zero-order valence-corrected chi connectivity index (χ0v) is 11.4. The number of carboxylic acid groups (broad SMARTS) is 1. The molecular formula is C15H23NO2. The Morgan fingerprint density at radius 3 is 2.33 bits per heavy atom. The third-order valence-corrected chi connectivity index (χ3v) is 3.76. The first-order valence-corrected chi connectivity index (χ1v) is 6.47. The summed E-state index contributed by atoms with van der Waals surface area (Å²) in [6.45, 7) is 6.27. The number of rotatable bonds is 6. The van der Waals surface area contributed by atoms with Gasteiger partial charge in [-0.05, 0) is 24.8 Å². The molecule has 0 saturated carbocycles. The second-order valence-corrected chi connectivity index (χ2v) is 5.17. The van der Waals surface area contributed by atoms with Crippen molar-refractivity contribution in [1.29, 1.82) is 0 Å². The minimum atomic E-state index is -0.955. The molecule has 0 amide bonds. The lowest BCUT2D eigenvalue weighted by Gasteiger charge is -2.31. The van der Waals surface area contributed by atoms with E-state index < -0.39 is 11.4 Å². The number of hydrogen-bond acceptors (Lipinski definition) is 2. The number of hydrogen-bond donors (Lipinski definition) is 2. The van der Waals surface area contributed by atoms with Crippen molar-refractivity contribution in [3.05, 3.63) is 35.4 Å². The summed E-state index contributed by atoms with van der Waals surface area (Å²) in [5, 5.41) is 9.61. The number of nitrogens with two attached hydrogens (primary N) is 1. The maximum absolute atomic E-state index is 11.7. The SMILES string of the molecule is CCC(C)CC(CN)(C(=O)O)c1ccc(C)cc1. The van der Waals surface area contributed by atoms with Crippen LogP contribution in [0.2, 0.25) is 0 Å². The van der Waals surface area contributed by atoms with Crippen LogP contribution in [-0.4, -0.2) is 17.6 Å². The van der Waals surface area contributed by atoms with E-state index in [2.05, 4.69) is 13.8 Å². The van der Waals surface area contributed by atoms with E-state index in [0.29, 0.717) is 12.3 Å². The van der Waals surface area contributed by atoms with Gasteiger partial charge in [-0.15, -0.1) is 0 Å². The fourth-order valence-corrected chi connectivity index (χ4v) is 2.23. The van der Waals surface area contributed by atoms with Crippen molar-refractivity contribution in [3.8, 4) is 0 Å². The molecule has 3 heteroatoms. The van der Waals surface area contributed by atoms with Crippen molar-refractivity contribution in [2.24, 2.45) is 11.7 Å². The Balaban J connectivity index is 3.18. The highest BCUT2D eigenvalue weighted by Gasteiger charge is 2.39. The summed E-state index contributed by atoms with van der Waals surface area (Å²) >= 11 is 0. The van der Waals surface area contributed by atoms with E-state index in [1.54, 1.807) is 0 Å². The van der Waals surface area contributed by atoms with E-state index in [1.807, 2.05) is 31.2 Å². The molecule has 0 aliphatic rings. The largest absolute Gasteiger partial charge is 0.481 e. The Hall–Kier alpha value is -1.35. The smallest absolute Gasteiger partial charge is 0.315 e. The topological polar surface area (TPSA) is 63.3 Å². The number of carbonyl (C=O) groups is 1. The molecule has 1 aromatic carbocycles. The molecule has 2 atom stereocenters. The first-order chi connectivity index (χ1) is 8.46. The van der Waals surface area contributed by atoms with E-state index in [4.69, 9.17) is 5.73 Å². The van der Waals surface area contributed by atoms with Gasteiger partial charge < -0.3 is 10.8 Å². The molecule has 0 spiro atoms. The predicted molar refractivity (Wildman–Crippen MR) is 73.6 cm³/mol. The van der Waals surface area contributed by atoms with Gasteiger partial charge in [0.05, 0.1) is 0 Å². The van der Waals surface area contributed by atoms with Crippen LogP contribution in [0.4, 0.5) is 0 Å². The van der Waals surface area contributed by atoms with Gasteiger partial charge in [0.15, 0.2) is 0 Å². The Morgan fingerprint density at radius 1 is 1.39 bits per heavy atom. The van der Waals surface area contributed by atoms with Gasteiger partial charge in [-0.25, -0.2) is 0 Å². The zero-order valence-electron chi connectivity index (χ0n) is 11.4. The minimum Gasteiger partial charge on any atom is -0.481 e. The van der Waals surface area contributed by atoms with Crippen LogP contribution in [-0.2, 0) is 10.2 Å². The number of carboxylic acids is 1. The van der Waals surface area contributed by atoms with Gasteiger partial charge in [0.2, 0.25) is 0 Å². The monoisotopic (exact) mass is 249 g/mol. The van der Waals surface area contributed by atoms with Crippen LogP contribution >= 0.6 is 0 Å². The quantitative estimate of drug-likeness (QED) is 0.814. The van der Waals surface area contributed by atoms with Crippen molar-refractivity contribution in [3.63, 3.8) is 0 Å². The van der Waals surface area contributed by atoms with E-state index in [-0.39, 0.29) is 6.54 Å². The van der Waals surface area contributed by atoms with Crippen LogP contribution in [0.1, 0.15) is 37.8 Å². The van der Waals surface area contributed by atoms with Crippen LogP contribution in [0, 0.1) is 12.8 Å². The molecule has 0 fully saturated rings. The first kappa shape index (κ1) is 14.7. The molecular weight excluding hydrogens is 226 g/mol. The lowest BCUT2D eigenvalue weighted by Crippen LogP contribution is -2.44. The standard InChI is InChI=1S/C15H23NO2/c1-4-11(2)9-15(10-16,14(17)18)13-7-5-12(3)6-8-13/h5-8,11H,4,9-10,16H2,1-3H3,(H,17,18). The molecule has 1 aromatic rings. The zero-order chi connectivity index (χ0) is 13.8. The second-order valence-electron chi connectivity index (χ2n) is 5.17. The lowest BCUT2D eigenvalue weighted by atomic mass is 9.73. The highest BCUT2D eigenvalue weighted by atomic mass is 16.4. The Morgan fingerprint density at radius 2 is 1.94 bits per heavy atom. The molecule has 0 aliphatic carbocycles. The maximum atomic E-state index is 11.7. The van der Waals surface area contributed by atoms with Gasteiger partial charge in [0, 0.05) is 6.54 Å². The Labute approximate surface area is 109 Å². The first-order valence-electron chi connectivity index (χ1n) is 6.47. The van der Waals surface area contributed by atoms with Gasteiger partial charge in [-0.3, -0.25) is 4.79 Å². The van der Waals surface area contributed by atoms with Crippen LogP contribution in [0.5, 0.6) is 0 Å². The molecule has 0 bridgehead atoms. The van der Waals surface area contributed by atoms with Crippen LogP contribution in [0.15, 0.2) is 24.3 Å². The third-order valence-electron chi connectivity index (χ3n) is 3.76. The highest BCUT2D eigenvalue weighted by Crippen LogP contribution is 2.32. The molecule has 0 aromatic heterocycles. The third kappa shape index (κ3) is 2.91. The summed E-state index contributed by atoms with van der Waals surface area (Å²) in [6, 6.07) is 7.66. The normalized spacial score (nSPS) is 16.0. The van der Waals surface area contributed by atoms with Gasteiger partial charge in [-0.1, -0.05) is 50.1 Å². The number of benzene rings is 1. The van der Waals surface area contributed by atoms with Gasteiger partial charge in [-0.2, -0.15) is 0 Å². The second kappa shape index (κ2) is 6.01. The van der Waals surface area contributed by atoms with Crippen LogP contribution in [0.3, 0.4) is 0 Å². The average molecular weight is 249 g/mol. The molecule has 100 valence electrons. The van der Waals surface area contributed by atoms with Gasteiger partial charge in [0.1, 0.15) is 5.41 Å². The minimum absolute atomic E-state index is 0.135. The molecule has 0 radical (unpaired) electrons. The predicted octanol–water partition coefficient (Wildman–Crippen LogP) is 2.71. The van der Waals surface area contributed by atoms with Crippen molar-refractivity contribution in [1.82, 2.24) is 0 Å². The lowest BCUT2D eigenvalue weighted by molar-refractivity contribution is -0.144. The number of aliphatic carboxylic acids is 1. The van der Waals surface area contributed by atoms with Crippen molar-refractivity contribution in [2.45, 2.75) is 39.0 Å². The van der Waals surface area contributed by atoms with Gasteiger partial charge in [0.25, 0.3) is 0 Å². The molecule has 18 heavy (non-hydrogen) atoms. The summed E-state index contributed by atoms with van der Waals surface area (Å²) in [7, 11) is 0. The van der Waals surface area contributed by atoms with E-state index >= 15 is 0 Å². The molecule has 0 heterocycles. The molecule has 0 aliphatic heterocycles. The average Bonchev–Trinajstić information content (AvgIpc) is 2.36. The van der Waals surface area contributed by atoms with Gasteiger partial charge >= 0.3 is 5.97 Å². The van der Waals surface area contributed by atoms with Crippen molar-refractivity contribution < 1.29 is 9.90 Å². The summed E-state index contributed by atoms with van der Waals surface area (Å²) in [4.78, 5) is 11.7. The van der Waals surface area contributed by atoms with E-state index in [9.17, 15) is 9.90 Å². The van der Waals surface area contributed by atoms with Crippen LogP contribution in [0.25, 0.3) is 0 Å². The molecule has 0 saturated heterocycles. The summed E-state index contributed by atoms with van der Waals surface area (Å²) in [5.74, 6) is -0.486. The van der Waals surface area contributed by atoms with Crippen molar-refractivity contribution >= 4 is 5.97 Å². The Bertz CT molecular complexity index is 399. The highest BCUT2D eigenvalue weighted by molar-refractivity contribution is 5.81. The Kier molecular flexibility index (Phi) is 4.91. The summed E-state index contributed by atoms with van der Waals surface area (Å²) in [6.07, 6.45) is 1.54. The van der Waals surface area contributed by atoms with E-state index in [1.165, 1.54) is 0 Å².